The predicted octanol–water partition coefficient (Wildman–Crippen LogP) is 3.88. The second kappa shape index (κ2) is 5.43. The molecule has 1 aromatic heterocycles. The first kappa shape index (κ1) is 12.8. The zero-order valence-corrected chi connectivity index (χ0v) is 11.5. The van der Waals surface area contributed by atoms with Gasteiger partial charge in [-0.15, -0.1) is 0 Å². The minimum atomic E-state index is -0.599. The molecule has 1 atom stereocenters. The molecule has 0 aliphatic rings. The molecule has 3 aromatic rings. The summed E-state index contributed by atoms with van der Waals surface area (Å²) in [4.78, 5) is 4.13. The van der Waals surface area contributed by atoms with Gasteiger partial charge < -0.3 is 5.11 Å². The first-order chi connectivity index (χ1) is 9.79. The molecule has 0 saturated carbocycles. The molecule has 1 N–H and O–H groups in total. The normalized spacial score (nSPS) is 12.5. The van der Waals surface area contributed by atoms with Gasteiger partial charge in [-0.1, -0.05) is 43.3 Å². The lowest BCUT2D eigenvalue weighted by molar-refractivity contribution is 0.219. The Hall–Kier alpha value is -2.19. The number of aliphatic hydroxyl groups is 1. The SMILES string of the molecule is CCc1cnccc1C(O)c1ccc2ccccc2c1. The van der Waals surface area contributed by atoms with E-state index in [-0.39, 0.29) is 0 Å². The van der Waals surface area contributed by atoms with Gasteiger partial charge in [0.05, 0.1) is 0 Å². The molecule has 20 heavy (non-hydrogen) atoms. The molecular formula is C18H17NO. The van der Waals surface area contributed by atoms with Crippen molar-refractivity contribution in [3.8, 4) is 0 Å². The highest BCUT2D eigenvalue weighted by atomic mass is 16.3. The van der Waals surface area contributed by atoms with Gasteiger partial charge in [0.25, 0.3) is 0 Å². The van der Waals surface area contributed by atoms with Gasteiger partial charge in [-0.25, -0.2) is 0 Å². The van der Waals surface area contributed by atoms with E-state index in [0.29, 0.717) is 0 Å². The smallest absolute Gasteiger partial charge is 0.104 e. The standard InChI is InChI=1S/C18H17NO/c1-2-13-12-19-10-9-17(13)18(20)16-8-7-14-5-3-4-6-15(14)11-16/h3-12,18,20H,2H2,1H3. The molecule has 2 nitrogen and oxygen atoms in total. The molecule has 2 aromatic carbocycles. The maximum absolute atomic E-state index is 10.6. The molecular weight excluding hydrogens is 246 g/mol. The van der Waals surface area contributed by atoms with Gasteiger partial charge in [-0.05, 0) is 46.0 Å². The summed E-state index contributed by atoms with van der Waals surface area (Å²) in [5, 5.41) is 13.0. The monoisotopic (exact) mass is 263 g/mol. The summed E-state index contributed by atoms with van der Waals surface area (Å²) in [6.45, 7) is 2.08. The summed E-state index contributed by atoms with van der Waals surface area (Å²) >= 11 is 0. The number of aliphatic hydroxyl groups excluding tert-OH is 1. The van der Waals surface area contributed by atoms with Gasteiger partial charge >= 0.3 is 0 Å². The molecule has 2 heteroatoms. The summed E-state index contributed by atoms with van der Waals surface area (Å²) in [7, 11) is 0. The van der Waals surface area contributed by atoms with Crippen LogP contribution in [0, 0.1) is 0 Å². The van der Waals surface area contributed by atoms with Gasteiger partial charge in [-0.2, -0.15) is 0 Å². The Balaban J connectivity index is 2.05. The van der Waals surface area contributed by atoms with Crippen LogP contribution in [0.5, 0.6) is 0 Å². The average Bonchev–Trinajstić information content (AvgIpc) is 2.53. The molecule has 1 heterocycles. The summed E-state index contributed by atoms with van der Waals surface area (Å²) in [6, 6.07) is 16.2. The number of hydrogen-bond acceptors (Lipinski definition) is 2. The molecule has 0 saturated heterocycles. The molecule has 100 valence electrons. The zero-order chi connectivity index (χ0) is 13.9. The van der Waals surface area contributed by atoms with E-state index in [1.54, 1.807) is 6.20 Å². The Morgan fingerprint density at radius 1 is 1.05 bits per heavy atom. The van der Waals surface area contributed by atoms with Crippen molar-refractivity contribution in [2.45, 2.75) is 19.4 Å². The Labute approximate surface area is 118 Å². The van der Waals surface area contributed by atoms with Crippen molar-refractivity contribution in [3.05, 3.63) is 77.6 Å². The van der Waals surface area contributed by atoms with Crippen molar-refractivity contribution in [2.75, 3.05) is 0 Å². The zero-order valence-electron chi connectivity index (χ0n) is 11.5. The first-order valence-electron chi connectivity index (χ1n) is 6.89. The van der Waals surface area contributed by atoms with Crippen LogP contribution in [0.25, 0.3) is 10.8 Å². The van der Waals surface area contributed by atoms with Crippen LogP contribution in [0.1, 0.15) is 29.7 Å². The minimum Gasteiger partial charge on any atom is -0.384 e. The van der Waals surface area contributed by atoms with Crippen molar-refractivity contribution in [3.63, 3.8) is 0 Å². The largest absolute Gasteiger partial charge is 0.384 e. The lowest BCUT2D eigenvalue weighted by Crippen LogP contribution is -2.04. The molecule has 1 unspecified atom stereocenters. The third kappa shape index (κ3) is 2.30. The van der Waals surface area contributed by atoms with Crippen molar-refractivity contribution >= 4 is 10.8 Å². The van der Waals surface area contributed by atoms with E-state index in [1.807, 2.05) is 30.5 Å². The highest BCUT2D eigenvalue weighted by Gasteiger charge is 2.14. The van der Waals surface area contributed by atoms with Crippen LogP contribution < -0.4 is 0 Å². The molecule has 0 radical (unpaired) electrons. The molecule has 0 bridgehead atoms. The maximum atomic E-state index is 10.6. The maximum Gasteiger partial charge on any atom is 0.104 e. The fourth-order valence-corrected chi connectivity index (χ4v) is 2.56. The number of benzene rings is 2. The topological polar surface area (TPSA) is 33.1 Å². The lowest BCUT2D eigenvalue weighted by atomic mass is 9.95. The number of pyridine rings is 1. The van der Waals surface area contributed by atoms with Gasteiger partial charge in [0, 0.05) is 12.4 Å². The second-order valence-corrected chi connectivity index (χ2v) is 4.94. The Morgan fingerprint density at radius 3 is 2.65 bits per heavy atom. The fourth-order valence-electron chi connectivity index (χ4n) is 2.56. The Morgan fingerprint density at radius 2 is 1.85 bits per heavy atom. The number of aryl methyl sites for hydroxylation is 1. The van der Waals surface area contributed by atoms with Crippen LogP contribution >= 0.6 is 0 Å². The second-order valence-electron chi connectivity index (χ2n) is 4.94. The van der Waals surface area contributed by atoms with Crippen LogP contribution in [0.3, 0.4) is 0 Å². The molecule has 3 rings (SSSR count). The minimum absolute atomic E-state index is 0.599. The van der Waals surface area contributed by atoms with Gasteiger partial charge in [0.1, 0.15) is 6.10 Å². The van der Waals surface area contributed by atoms with Crippen LogP contribution in [-0.2, 0) is 6.42 Å². The molecule has 0 fully saturated rings. The molecule has 0 spiro atoms. The Bertz CT molecular complexity index is 736. The lowest BCUT2D eigenvalue weighted by Gasteiger charge is -2.15. The van der Waals surface area contributed by atoms with E-state index < -0.39 is 6.10 Å². The van der Waals surface area contributed by atoms with Crippen molar-refractivity contribution in [2.24, 2.45) is 0 Å². The van der Waals surface area contributed by atoms with E-state index >= 15 is 0 Å². The Kier molecular flexibility index (Phi) is 3.48. The average molecular weight is 263 g/mol. The third-order valence-corrected chi connectivity index (χ3v) is 3.71. The van der Waals surface area contributed by atoms with Gasteiger partial charge in [-0.3, -0.25) is 4.98 Å². The van der Waals surface area contributed by atoms with Crippen LogP contribution in [0.15, 0.2) is 60.9 Å². The summed E-state index contributed by atoms with van der Waals surface area (Å²) in [5.41, 5.74) is 2.95. The predicted molar refractivity (Wildman–Crippen MR) is 81.6 cm³/mol. The van der Waals surface area contributed by atoms with Crippen molar-refractivity contribution < 1.29 is 5.11 Å². The number of nitrogens with zero attached hydrogens (tertiary/aromatic N) is 1. The van der Waals surface area contributed by atoms with E-state index in [1.165, 1.54) is 5.39 Å². The van der Waals surface area contributed by atoms with E-state index in [9.17, 15) is 5.11 Å². The van der Waals surface area contributed by atoms with E-state index in [0.717, 1.165) is 28.5 Å². The highest BCUT2D eigenvalue weighted by Crippen LogP contribution is 2.27. The van der Waals surface area contributed by atoms with Crippen LogP contribution in [0.2, 0.25) is 0 Å². The first-order valence-corrected chi connectivity index (χ1v) is 6.89. The van der Waals surface area contributed by atoms with E-state index in [4.69, 9.17) is 0 Å². The van der Waals surface area contributed by atoms with Crippen LogP contribution in [-0.4, -0.2) is 10.1 Å². The number of rotatable bonds is 3. The number of fused-ring (bicyclic) bond motifs is 1. The number of aromatic nitrogens is 1. The summed E-state index contributed by atoms with van der Waals surface area (Å²) in [6.07, 6.45) is 3.84. The third-order valence-electron chi connectivity index (χ3n) is 3.71. The number of hydrogen-bond donors (Lipinski definition) is 1. The quantitative estimate of drug-likeness (QED) is 0.778. The van der Waals surface area contributed by atoms with Crippen molar-refractivity contribution in [1.82, 2.24) is 4.98 Å². The highest BCUT2D eigenvalue weighted by molar-refractivity contribution is 5.83. The van der Waals surface area contributed by atoms with Gasteiger partial charge in [0.2, 0.25) is 0 Å². The molecule has 0 amide bonds. The van der Waals surface area contributed by atoms with Crippen molar-refractivity contribution in [1.29, 1.82) is 0 Å². The molecule has 0 aliphatic heterocycles. The summed E-state index contributed by atoms with van der Waals surface area (Å²) < 4.78 is 0. The van der Waals surface area contributed by atoms with E-state index in [2.05, 4.69) is 36.2 Å². The fraction of sp³-hybridized carbons (Fsp3) is 0.167. The van der Waals surface area contributed by atoms with Gasteiger partial charge in [0.15, 0.2) is 0 Å². The molecule has 0 aliphatic carbocycles. The van der Waals surface area contributed by atoms with Crippen LogP contribution in [0.4, 0.5) is 0 Å². The summed E-state index contributed by atoms with van der Waals surface area (Å²) in [5.74, 6) is 0.